The van der Waals surface area contributed by atoms with E-state index in [4.69, 9.17) is 0 Å². The lowest BCUT2D eigenvalue weighted by atomic mass is 9.96. The van der Waals surface area contributed by atoms with Gasteiger partial charge in [-0.2, -0.15) is 0 Å². The number of carbonyl (C=O) groups is 3. The topological polar surface area (TPSA) is 78.5 Å². The zero-order valence-corrected chi connectivity index (χ0v) is 17.0. The van der Waals surface area contributed by atoms with E-state index in [0.717, 1.165) is 12.0 Å². The third-order valence-corrected chi connectivity index (χ3v) is 5.21. The van der Waals surface area contributed by atoms with E-state index in [1.54, 1.807) is 23.1 Å². The number of hydrogen-bond acceptors (Lipinski definition) is 3. The molecule has 0 saturated carbocycles. The van der Waals surface area contributed by atoms with Gasteiger partial charge in [-0.1, -0.05) is 29.8 Å². The van der Waals surface area contributed by atoms with Crippen LogP contribution < -0.4 is 10.6 Å². The Kier molecular flexibility index (Phi) is 7.17. The van der Waals surface area contributed by atoms with E-state index in [1.165, 1.54) is 18.2 Å². The van der Waals surface area contributed by atoms with Gasteiger partial charge in [0.05, 0.1) is 11.5 Å². The maximum atomic E-state index is 13.6. The molecule has 1 fully saturated rings. The molecule has 0 spiro atoms. The van der Waals surface area contributed by atoms with Gasteiger partial charge in [0.2, 0.25) is 5.91 Å². The molecule has 2 aromatic carbocycles. The van der Waals surface area contributed by atoms with Crippen molar-refractivity contribution in [2.45, 2.75) is 19.8 Å². The lowest BCUT2D eigenvalue weighted by Gasteiger charge is -2.32. The van der Waals surface area contributed by atoms with Gasteiger partial charge in [-0.3, -0.25) is 14.4 Å². The molecule has 2 aromatic rings. The zero-order chi connectivity index (χ0) is 21.5. The number of rotatable bonds is 6. The summed E-state index contributed by atoms with van der Waals surface area (Å²) in [6, 6.07) is 13.2. The van der Waals surface area contributed by atoms with Crippen LogP contribution in [0.2, 0.25) is 0 Å². The van der Waals surface area contributed by atoms with Crippen LogP contribution in [0, 0.1) is 18.7 Å². The predicted octanol–water partition coefficient (Wildman–Crippen LogP) is 2.53. The highest BCUT2D eigenvalue weighted by atomic mass is 19.1. The number of likely N-dealkylation sites (tertiary alicyclic amines) is 1. The summed E-state index contributed by atoms with van der Waals surface area (Å²) in [4.78, 5) is 38.9. The molecule has 1 saturated heterocycles. The molecule has 30 heavy (non-hydrogen) atoms. The van der Waals surface area contributed by atoms with Gasteiger partial charge >= 0.3 is 0 Å². The fraction of sp³-hybridized carbons (Fsp3) is 0.348. The van der Waals surface area contributed by atoms with E-state index in [1.807, 2.05) is 19.1 Å². The van der Waals surface area contributed by atoms with E-state index in [2.05, 4.69) is 10.6 Å². The molecule has 1 aliphatic heterocycles. The maximum absolute atomic E-state index is 13.6. The van der Waals surface area contributed by atoms with Crippen LogP contribution in [0.5, 0.6) is 0 Å². The predicted molar refractivity (Wildman–Crippen MR) is 112 cm³/mol. The molecular weight excluding hydrogens is 385 g/mol. The van der Waals surface area contributed by atoms with Gasteiger partial charge in [0.1, 0.15) is 5.82 Å². The summed E-state index contributed by atoms with van der Waals surface area (Å²) < 4.78 is 13.6. The molecule has 1 aliphatic rings. The molecule has 1 unspecified atom stereocenters. The number of hydrogen-bond donors (Lipinski definition) is 2. The monoisotopic (exact) mass is 411 g/mol. The van der Waals surface area contributed by atoms with Crippen LogP contribution in [0.15, 0.2) is 48.5 Å². The Morgan fingerprint density at radius 2 is 1.73 bits per heavy atom. The highest BCUT2D eigenvalue weighted by Crippen LogP contribution is 2.19. The molecule has 0 bridgehead atoms. The van der Waals surface area contributed by atoms with Crippen molar-refractivity contribution in [3.63, 3.8) is 0 Å². The first-order valence-corrected chi connectivity index (χ1v) is 10.1. The Morgan fingerprint density at radius 3 is 2.47 bits per heavy atom. The number of halogens is 1. The van der Waals surface area contributed by atoms with Gasteiger partial charge in [0.25, 0.3) is 11.8 Å². The summed E-state index contributed by atoms with van der Waals surface area (Å²) in [7, 11) is 0. The van der Waals surface area contributed by atoms with Crippen molar-refractivity contribution in [2.24, 2.45) is 5.92 Å². The molecule has 7 heteroatoms. The second-order valence-corrected chi connectivity index (χ2v) is 7.48. The molecule has 0 aromatic heterocycles. The first-order chi connectivity index (χ1) is 14.5. The molecule has 6 nitrogen and oxygen atoms in total. The standard InChI is InChI=1S/C23H26FN3O3/c1-16-8-10-17(11-9-16)23(30)27-14-4-5-18(15-27)21(28)25-12-13-26-22(29)19-6-2-3-7-20(19)24/h2-3,6-11,18H,4-5,12-15H2,1H3,(H,25,28)(H,26,29). The minimum absolute atomic E-state index is 0.0265. The quantitative estimate of drug-likeness (QED) is 0.717. The van der Waals surface area contributed by atoms with Gasteiger partial charge in [0.15, 0.2) is 0 Å². The van der Waals surface area contributed by atoms with Crippen molar-refractivity contribution < 1.29 is 18.8 Å². The Morgan fingerprint density at radius 1 is 1.03 bits per heavy atom. The van der Waals surface area contributed by atoms with Gasteiger partial charge < -0.3 is 15.5 Å². The van der Waals surface area contributed by atoms with Crippen LogP contribution >= 0.6 is 0 Å². The van der Waals surface area contributed by atoms with Gasteiger partial charge in [-0.15, -0.1) is 0 Å². The van der Waals surface area contributed by atoms with Crippen LogP contribution in [0.25, 0.3) is 0 Å². The van der Waals surface area contributed by atoms with Crippen LogP contribution in [0.3, 0.4) is 0 Å². The summed E-state index contributed by atoms with van der Waals surface area (Å²) >= 11 is 0. The Balaban J connectivity index is 1.45. The molecule has 158 valence electrons. The number of benzene rings is 2. The maximum Gasteiger partial charge on any atom is 0.254 e. The number of nitrogens with zero attached hydrogens (tertiary/aromatic N) is 1. The van der Waals surface area contributed by atoms with E-state index in [-0.39, 0.29) is 36.4 Å². The van der Waals surface area contributed by atoms with Crippen molar-refractivity contribution in [3.05, 3.63) is 71.0 Å². The number of aryl methyl sites for hydroxylation is 1. The van der Waals surface area contributed by atoms with Gasteiger partial charge in [-0.05, 0) is 44.0 Å². The van der Waals surface area contributed by atoms with Crippen molar-refractivity contribution in [2.75, 3.05) is 26.2 Å². The summed E-state index contributed by atoms with van der Waals surface area (Å²) in [5.41, 5.74) is 1.68. The number of nitrogens with one attached hydrogen (secondary N) is 2. The van der Waals surface area contributed by atoms with Gasteiger partial charge in [0, 0.05) is 31.7 Å². The first kappa shape index (κ1) is 21.5. The SMILES string of the molecule is Cc1ccc(C(=O)N2CCCC(C(=O)NCCNC(=O)c3ccccc3F)C2)cc1. The first-order valence-electron chi connectivity index (χ1n) is 10.1. The molecule has 3 amide bonds. The fourth-order valence-corrected chi connectivity index (χ4v) is 3.50. The third-order valence-electron chi connectivity index (χ3n) is 5.21. The smallest absolute Gasteiger partial charge is 0.254 e. The van der Waals surface area contributed by atoms with Crippen LogP contribution in [-0.2, 0) is 4.79 Å². The average molecular weight is 411 g/mol. The summed E-state index contributed by atoms with van der Waals surface area (Å²) in [6.45, 7) is 3.41. The minimum Gasteiger partial charge on any atom is -0.354 e. The molecule has 0 aliphatic carbocycles. The van der Waals surface area contributed by atoms with Crippen molar-refractivity contribution >= 4 is 17.7 Å². The van der Waals surface area contributed by atoms with E-state index >= 15 is 0 Å². The van der Waals surface area contributed by atoms with Gasteiger partial charge in [-0.25, -0.2) is 4.39 Å². The second kappa shape index (κ2) is 10.0. The third kappa shape index (κ3) is 5.43. The normalized spacial score (nSPS) is 16.1. The fourth-order valence-electron chi connectivity index (χ4n) is 3.50. The van der Waals surface area contributed by atoms with Crippen molar-refractivity contribution in [3.8, 4) is 0 Å². The average Bonchev–Trinajstić information content (AvgIpc) is 2.77. The Bertz CT molecular complexity index is 914. The molecule has 0 radical (unpaired) electrons. The van der Waals surface area contributed by atoms with Crippen LogP contribution in [-0.4, -0.2) is 48.8 Å². The summed E-state index contributed by atoms with van der Waals surface area (Å²) in [5, 5.41) is 5.39. The molecular formula is C23H26FN3O3. The lowest BCUT2D eigenvalue weighted by molar-refractivity contribution is -0.126. The molecule has 2 N–H and O–H groups in total. The number of amides is 3. The van der Waals surface area contributed by atoms with E-state index in [0.29, 0.717) is 25.1 Å². The number of piperidine rings is 1. The zero-order valence-electron chi connectivity index (χ0n) is 17.0. The second-order valence-electron chi connectivity index (χ2n) is 7.48. The van der Waals surface area contributed by atoms with E-state index in [9.17, 15) is 18.8 Å². The molecule has 1 heterocycles. The summed E-state index contributed by atoms with van der Waals surface area (Å²) in [6.07, 6.45) is 1.48. The van der Waals surface area contributed by atoms with Crippen LogP contribution in [0.1, 0.15) is 39.1 Å². The minimum atomic E-state index is -0.584. The van der Waals surface area contributed by atoms with Crippen molar-refractivity contribution in [1.82, 2.24) is 15.5 Å². The summed E-state index contributed by atoms with van der Waals surface area (Å²) in [5.74, 6) is -1.59. The van der Waals surface area contributed by atoms with E-state index < -0.39 is 11.7 Å². The van der Waals surface area contributed by atoms with Crippen LogP contribution in [0.4, 0.5) is 4.39 Å². The number of carbonyl (C=O) groups excluding carboxylic acids is 3. The molecule has 3 rings (SSSR count). The lowest BCUT2D eigenvalue weighted by Crippen LogP contribution is -2.46. The highest BCUT2D eigenvalue weighted by Gasteiger charge is 2.28. The van der Waals surface area contributed by atoms with Crippen molar-refractivity contribution in [1.29, 1.82) is 0 Å². The Labute approximate surface area is 175 Å². The largest absolute Gasteiger partial charge is 0.354 e. The Hall–Kier alpha value is -3.22. The molecule has 1 atom stereocenters. The highest BCUT2D eigenvalue weighted by molar-refractivity contribution is 5.95.